The largest absolute Gasteiger partial charge is 0.478 e. The van der Waals surface area contributed by atoms with Gasteiger partial charge < -0.3 is 14.4 Å². The monoisotopic (exact) mass is 345 g/mol. The first kappa shape index (κ1) is 17.3. The predicted octanol–water partition coefficient (Wildman–Crippen LogP) is 1.76. The summed E-state index contributed by atoms with van der Waals surface area (Å²) in [4.78, 5) is 23.1. The second-order valence-electron chi connectivity index (χ2n) is 5.82. The molecule has 2 aromatic heterocycles. The van der Waals surface area contributed by atoms with Crippen LogP contribution in [-0.2, 0) is 11.2 Å². The summed E-state index contributed by atoms with van der Waals surface area (Å²) in [5.74, 6) is 1.84. The van der Waals surface area contributed by atoms with Crippen LogP contribution < -0.4 is 4.74 Å². The van der Waals surface area contributed by atoms with Crippen molar-refractivity contribution in [2.45, 2.75) is 32.8 Å². The Morgan fingerprint density at radius 3 is 3.16 bits per heavy atom. The van der Waals surface area contributed by atoms with Gasteiger partial charge in [-0.15, -0.1) is 0 Å². The Bertz CT molecular complexity index is 718. The number of aromatic nitrogens is 4. The number of morpholine rings is 1. The lowest BCUT2D eigenvalue weighted by Crippen LogP contribution is -2.42. The number of carbonyl (C=O) groups excluding carboxylic acids is 1. The lowest BCUT2D eigenvalue weighted by atomic mass is 10.2. The summed E-state index contributed by atoms with van der Waals surface area (Å²) in [5.41, 5.74) is 0.556. The maximum Gasteiger partial charge on any atom is 0.254 e. The molecule has 2 aromatic rings. The second kappa shape index (κ2) is 8.06. The molecule has 0 spiro atoms. The third-order valence-corrected chi connectivity index (χ3v) is 3.95. The predicted molar refractivity (Wildman–Crippen MR) is 90.4 cm³/mol. The first-order valence-electron chi connectivity index (χ1n) is 8.62. The minimum absolute atomic E-state index is 0.0685. The molecule has 1 N–H and O–H groups in total. The average molecular weight is 345 g/mol. The fourth-order valence-corrected chi connectivity index (χ4v) is 2.74. The van der Waals surface area contributed by atoms with Crippen LogP contribution in [0.4, 0.5) is 0 Å². The molecule has 8 heteroatoms. The molecule has 134 valence electrons. The van der Waals surface area contributed by atoms with Crippen molar-refractivity contribution in [1.82, 2.24) is 25.1 Å². The number of hydrogen-bond donors (Lipinski definition) is 1. The molecule has 1 atom stereocenters. The fourth-order valence-electron chi connectivity index (χ4n) is 2.74. The zero-order valence-electron chi connectivity index (χ0n) is 14.6. The van der Waals surface area contributed by atoms with Crippen molar-refractivity contribution in [3.63, 3.8) is 0 Å². The van der Waals surface area contributed by atoms with Crippen LogP contribution in [0.3, 0.4) is 0 Å². The van der Waals surface area contributed by atoms with Crippen molar-refractivity contribution in [2.24, 2.45) is 0 Å². The van der Waals surface area contributed by atoms with Gasteiger partial charge in [-0.1, -0.05) is 6.92 Å². The van der Waals surface area contributed by atoms with Crippen LogP contribution in [0, 0.1) is 0 Å². The Kier molecular flexibility index (Phi) is 5.60. The van der Waals surface area contributed by atoms with E-state index in [1.165, 1.54) is 0 Å². The maximum atomic E-state index is 12.8. The lowest BCUT2D eigenvalue weighted by Gasteiger charge is -2.31. The van der Waals surface area contributed by atoms with E-state index >= 15 is 0 Å². The zero-order chi connectivity index (χ0) is 17.6. The number of aryl methyl sites for hydroxylation is 1. The summed E-state index contributed by atoms with van der Waals surface area (Å²) in [6.07, 6.45) is 3.12. The number of ether oxygens (including phenoxy) is 2. The number of rotatable bonds is 6. The van der Waals surface area contributed by atoms with Crippen molar-refractivity contribution in [2.75, 3.05) is 26.3 Å². The quantitative estimate of drug-likeness (QED) is 0.857. The van der Waals surface area contributed by atoms with E-state index in [9.17, 15) is 4.79 Å². The van der Waals surface area contributed by atoms with E-state index in [2.05, 4.69) is 27.1 Å². The Balaban J connectivity index is 1.69. The highest BCUT2D eigenvalue weighted by molar-refractivity contribution is 5.94. The van der Waals surface area contributed by atoms with Gasteiger partial charge in [-0.2, -0.15) is 5.10 Å². The van der Waals surface area contributed by atoms with Crippen molar-refractivity contribution in [3.05, 3.63) is 35.5 Å². The Morgan fingerprint density at radius 2 is 2.36 bits per heavy atom. The number of aromatic amines is 1. The van der Waals surface area contributed by atoms with E-state index in [1.54, 1.807) is 23.2 Å². The third-order valence-electron chi connectivity index (χ3n) is 3.95. The molecule has 0 unspecified atom stereocenters. The van der Waals surface area contributed by atoms with Gasteiger partial charge in [0.25, 0.3) is 5.91 Å². The minimum Gasteiger partial charge on any atom is -0.478 e. The number of amides is 1. The van der Waals surface area contributed by atoms with E-state index in [1.807, 2.05) is 6.92 Å². The molecule has 1 aliphatic heterocycles. The molecule has 0 aromatic carbocycles. The van der Waals surface area contributed by atoms with Crippen LogP contribution in [0.5, 0.6) is 5.88 Å². The van der Waals surface area contributed by atoms with Gasteiger partial charge in [0.15, 0.2) is 5.82 Å². The van der Waals surface area contributed by atoms with E-state index in [0.717, 1.165) is 18.7 Å². The number of H-pyrrole nitrogens is 1. The summed E-state index contributed by atoms with van der Waals surface area (Å²) in [5, 5.41) is 7.17. The minimum atomic E-state index is -0.312. The highest BCUT2D eigenvalue weighted by atomic mass is 16.5. The summed E-state index contributed by atoms with van der Waals surface area (Å²) < 4.78 is 11.1. The summed E-state index contributed by atoms with van der Waals surface area (Å²) in [6.45, 7) is 5.90. The van der Waals surface area contributed by atoms with Crippen LogP contribution in [0.2, 0.25) is 0 Å². The van der Waals surface area contributed by atoms with Gasteiger partial charge in [0.05, 0.1) is 19.8 Å². The molecule has 25 heavy (non-hydrogen) atoms. The number of nitrogens with zero attached hydrogens (tertiary/aromatic N) is 4. The Morgan fingerprint density at radius 1 is 1.48 bits per heavy atom. The van der Waals surface area contributed by atoms with Gasteiger partial charge in [-0.25, -0.2) is 9.97 Å². The molecular formula is C17H23N5O3. The molecule has 3 heterocycles. The van der Waals surface area contributed by atoms with E-state index < -0.39 is 0 Å². The topological polar surface area (TPSA) is 93.2 Å². The van der Waals surface area contributed by atoms with Crippen molar-refractivity contribution < 1.29 is 14.3 Å². The number of nitrogens with one attached hydrogen (secondary N) is 1. The highest BCUT2D eigenvalue weighted by Crippen LogP contribution is 2.21. The van der Waals surface area contributed by atoms with Gasteiger partial charge in [-0.05, 0) is 19.4 Å². The molecule has 0 aliphatic carbocycles. The fraction of sp³-hybridized carbons (Fsp3) is 0.529. The van der Waals surface area contributed by atoms with Crippen LogP contribution in [-0.4, -0.2) is 57.3 Å². The Labute approximate surface area is 146 Å². The first-order valence-corrected chi connectivity index (χ1v) is 8.62. The molecule has 0 radical (unpaired) electrons. The van der Waals surface area contributed by atoms with Crippen LogP contribution in [0.1, 0.15) is 48.4 Å². The van der Waals surface area contributed by atoms with Gasteiger partial charge in [-0.3, -0.25) is 9.89 Å². The summed E-state index contributed by atoms with van der Waals surface area (Å²) in [6, 6.07) is 3.37. The zero-order valence-corrected chi connectivity index (χ0v) is 14.6. The van der Waals surface area contributed by atoms with E-state index in [4.69, 9.17) is 9.47 Å². The molecule has 8 nitrogen and oxygen atoms in total. The number of pyridine rings is 1. The summed E-state index contributed by atoms with van der Waals surface area (Å²) in [7, 11) is 0. The normalized spacial score (nSPS) is 17.5. The van der Waals surface area contributed by atoms with Crippen LogP contribution >= 0.6 is 0 Å². The highest BCUT2D eigenvalue weighted by Gasteiger charge is 2.28. The van der Waals surface area contributed by atoms with Crippen molar-refractivity contribution in [1.29, 1.82) is 0 Å². The molecule has 1 saturated heterocycles. The van der Waals surface area contributed by atoms with Gasteiger partial charge in [0.1, 0.15) is 11.9 Å². The van der Waals surface area contributed by atoms with Gasteiger partial charge >= 0.3 is 0 Å². The molecular weight excluding hydrogens is 322 g/mol. The van der Waals surface area contributed by atoms with Crippen LogP contribution in [0.15, 0.2) is 18.3 Å². The second-order valence-corrected chi connectivity index (χ2v) is 5.82. The van der Waals surface area contributed by atoms with Gasteiger partial charge in [0.2, 0.25) is 5.88 Å². The van der Waals surface area contributed by atoms with Crippen molar-refractivity contribution >= 4 is 5.91 Å². The molecule has 1 amide bonds. The lowest BCUT2D eigenvalue weighted by molar-refractivity contribution is -0.0266. The third kappa shape index (κ3) is 4.14. The molecule has 0 saturated carbocycles. The first-order chi connectivity index (χ1) is 12.2. The molecule has 0 bridgehead atoms. The van der Waals surface area contributed by atoms with E-state index in [0.29, 0.717) is 43.6 Å². The molecule has 3 rings (SSSR count). The smallest absolute Gasteiger partial charge is 0.254 e. The van der Waals surface area contributed by atoms with Crippen LogP contribution in [0.25, 0.3) is 0 Å². The molecule has 1 fully saturated rings. The Hall–Kier alpha value is -2.48. The standard InChI is InChI=1S/C17H23N5O3/c1-3-5-14-19-16(21-20-14)13-11-22(8-9-25-13)17(23)12-6-7-18-15(10-12)24-4-2/h6-7,10,13H,3-5,8-9,11H2,1-2H3,(H,19,20,21)/t13-/m0/s1. The number of carbonyl (C=O) groups is 1. The molecule has 1 aliphatic rings. The average Bonchev–Trinajstić information content (AvgIpc) is 3.11. The summed E-state index contributed by atoms with van der Waals surface area (Å²) >= 11 is 0. The number of hydrogen-bond acceptors (Lipinski definition) is 6. The maximum absolute atomic E-state index is 12.8. The SMILES string of the molecule is CCCc1nc([C@@H]2CN(C(=O)c3ccnc(OCC)c3)CCO2)n[nH]1. The van der Waals surface area contributed by atoms with Crippen molar-refractivity contribution in [3.8, 4) is 5.88 Å². The van der Waals surface area contributed by atoms with Gasteiger partial charge in [0, 0.05) is 30.8 Å². The van der Waals surface area contributed by atoms with E-state index in [-0.39, 0.29) is 12.0 Å².